The Morgan fingerprint density at radius 2 is 2.11 bits per heavy atom. The summed E-state index contributed by atoms with van der Waals surface area (Å²) in [6, 6.07) is 5.93. The zero-order valence-electron chi connectivity index (χ0n) is 10.6. The van der Waals surface area contributed by atoms with Crippen molar-refractivity contribution in [3.63, 3.8) is 0 Å². The van der Waals surface area contributed by atoms with Gasteiger partial charge in [0.05, 0.1) is 12.0 Å². The van der Waals surface area contributed by atoms with Crippen molar-refractivity contribution in [2.45, 2.75) is 31.8 Å². The molecule has 2 aliphatic rings. The summed E-state index contributed by atoms with van der Waals surface area (Å²) in [6.07, 6.45) is 3.06. The molecule has 0 spiro atoms. The predicted octanol–water partition coefficient (Wildman–Crippen LogP) is 1.90. The summed E-state index contributed by atoms with van der Waals surface area (Å²) < 4.78 is 10.5. The maximum Gasteiger partial charge on any atom is 0.231 e. The molecule has 3 rings (SSSR count). The van der Waals surface area contributed by atoms with Gasteiger partial charge >= 0.3 is 0 Å². The molecule has 0 saturated heterocycles. The Balaban J connectivity index is 1.69. The van der Waals surface area contributed by atoms with Gasteiger partial charge in [0, 0.05) is 24.2 Å². The summed E-state index contributed by atoms with van der Waals surface area (Å²) in [5, 5.41) is 22.3. The van der Waals surface area contributed by atoms with Crippen LogP contribution in [0.5, 0.6) is 17.2 Å². The maximum atomic E-state index is 9.93. The van der Waals surface area contributed by atoms with Crippen LogP contribution in [0.25, 0.3) is 0 Å². The average molecular weight is 260 g/mol. The fraction of sp³-hybridized carbons (Fsp3) is 0.500. The minimum absolute atomic E-state index is 0.0798. The minimum atomic E-state index is 0.0798. The molecule has 2 N–H and O–H groups in total. The standard InChI is InChI=1S/C14H16N2O3/c15-6-9-2-1-3-11(9)16-7-10-4-13-14(5-12(10)17)19-8-18-13/h4-5,9,11,16-17H,1-3,7-8H2. The first kappa shape index (κ1) is 12.1. The average Bonchev–Trinajstić information content (AvgIpc) is 3.03. The van der Waals surface area contributed by atoms with Crippen LogP contribution in [0.1, 0.15) is 24.8 Å². The van der Waals surface area contributed by atoms with Crippen LogP contribution < -0.4 is 14.8 Å². The van der Waals surface area contributed by atoms with Gasteiger partial charge in [-0.05, 0) is 18.9 Å². The molecule has 0 aromatic heterocycles. The normalized spacial score (nSPS) is 24.4. The summed E-state index contributed by atoms with van der Waals surface area (Å²) in [5.74, 6) is 1.52. The van der Waals surface area contributed by atoms with Crippen molar-refractivity contribution in [2.75, 3.05) is 6.79 Å². The van der Waals surface area contributed by atoms with Crippen molar-refractivity contribution in [1.29, 1.82) is 5.26 Å². The molecule has 100 valence electrons. The van der Waals surface area contributed by atoms with Gasteiger partial charge in [0.25, 0.3) is 0 Å². The van der Waals surface area contributed by atoms with Gasteiger partial charge in [-0.15, -0.1) is 0 Å². The molecule has 1 aromatic carbocycles. The number of nitrogens with zero attached hydrogens (tertiary/aromatic N) is 1. The number of nitrogens with one attached hydrogen (secondary N) is 1. The highest BCUT2D eigenvalue weighted by molar-refractivity contribution is 5.51. The number of rotatable bonds is 3. The van der Waals surface area contributed by atoms with Crippen molar-refractivity contribution in [3.05, 3.63) is 17.7 Å². The van der Waals surface area contributed by atoms with Crippen molar-refractivity contribution in [3.8, 4) is 23.3 Å². The second-order valence-corrected chi connectivity index (χ2v) is 4.99. The van der Waals surface area contributed by atoms with E-state index in [0.717, 1.165) is 24.8 Å². The molecular formula is C14H16N2O3. The predicted molar refractivity (Wildman–Crippen MR) is 67.8 cm³/mol. The van der Waals surface area contributed by atoms with Gasteiger partial charge in [-0.25, -0.2) is 0 Å². The molecule has 19 heavy (non-hydrogen) atoms. The lowest BCUT2D eigenvalue weighted by Crippen LogP contribution is -2.31. The third-order valence-corrected chi connectivity index (χ3v) is 3.81. The number of fused-ring (bicyclic) bond motifs is 1. The molecule has 0 amide bonds. The summed E-state index contributed by atoms with van der Waals surface area (Å²) in [7, 11) is 0. The van der Waals surface area contributed by atoms with Crippen LogP contribution in [0.15, 0.2) is 12.1 Å². The lowest BCUT2D eigenvalue weighted by atomic mass is 10.1. The number of phenolic OH excluding ortho intramolecular Hbond substituents is 1. The number of benzene rings is 1. The smallest absolute Gasteiger partial charge is 0.231 e. The van der Waals surface area contributed by atoms with Crippen LogP contribution in [0.2, 0.25) is 0 Å². The van der Waals surface area contributed by atoms with E-state index in [1.807, 2.05) is 0 Å². The molecule has 0 bridgehead atoms. The third kappa shape index (κ3) is 2.32. The van der Waals surface area contributed by atoms with Crippen LogP contribution in [-0.4, -0.2) is 17.9 Å². The zero-order valence-corrected chi connectivity index (χ0v) is 10.6. The number of phenols is 1. The molecule has 1 aliphatic heterocycles. The van der Waals surface area contributed by atoms with Gasteiger partial charge in [0.1, 0.15) is 5.75 Å². The van der Waals surface area contributed by atoms with Crippen LogP contribution in [0, 0.1) is 17.2 Å². The lowest BCUT2D eigenvalue weighted by Gasteiger charge is -2.16. The third-order valence-electron chi connectivity index (χ3n) is 3.81. The zero-order chi connectivity index (χ0) is 13.2. The summed E-state index contributed by atoms with van der Waals surface area (Å²) >= 11 is 0. The van der Waals surface area contributed by atoms with E-state index in [0.29, 0.717) is 18.0 Å². The van der Waals surface area contributed by atoms with Crippen molar-refractivity contribution in [2.24, 2.45) is 5.92 Å². The Hall–Kier alpha value is -1.93. The highest BCUT2D eigenvalue weighted by Gasteiger charge is 2.27. The van der Waals surface area contributed by atoms with Gasteiger partial charge in [0.15, 0.2) is 11.5 Å². The molecule has 2 atom stereocenters. The maximum absolute atomic E-state index is 9.93. The number of aromatic hydroxyl groups is 1. The number of nitriles is 1. The van der Waals surface area contributed by atoms with E-state index in [-0.39, 0.29) is 24.5 Å². The summed E-state index contributed by atoms with van der Waals surface area (Å²) in [4.78, 5) is 0. The van der Waals surface area contributed by atoms with E-state index in [1.165, 1.54) is 0 Å². The first-order valence-electron chi connectivity index (χ1n) is 6.52. The van der Waals surface area contributed by atoms with Crippen LogP contribution in [-0.2, 0) is 6.54 Å². The fourth-order valence-corrected chi connectivity index (χ4v) is 2.71. The molecule has 1 aliphatic carbocycles. The first-order valence-corrected chi connectivity index (χ1v) is 6.52. The van der Waals surface area contributed by atoms with E-state index in [4.69, 9.17) is 14.7 Å². The summed E-state index contributed by atoms with van der Waals surface area (Å²) in [5.41, 5.74) is 0.771. The highest BCUT2D eigenvalue weighted by Crippen LogP contribution is 2.37. The van der Waals surface area contributed by atoms with Crippen LogP contribution in [0.4, 0.5) is 0 Å². The van der Waals surface area contributed by atoms with E-state index >= 15 is 0 Å². The first-order chi connectivity index (χ1) is 9.28. The molecular weight excluding hydrogens is 244 g/mol. The summed E-state index contributed by atoms with van der Waals surface area (Å²) in [6.45, 7) is 0.732. The van der Waals surface area contributed by atoms with Crippen LogP contribution >= 0.6 is 0 Å². The van der Waals surface area contributed by atoms with Gasteiger partial charge in [-0.2, -0.15) is 5.26 Å². The SMILES string of the molecule is N#CC1CCCC1NCc1cc2c(cc1O)OCO2. The van der Waals surface area contributed by atoms with E-state index in [1.54, 1.807) is 12.1 Å². The highest BCUT2D eigenvalue weighted by atomic mass is 16.7. The van der Waals surface area contributed by atoms with E-state index in [2.05, 4.69) is 11.4 Å². The van der Waals surface area contributed by atoms with Gasteiger partial charge < -0.3 is 19.9 Å². The largest absolute Gasteiger partial charge is 0.507 e. The topological polar surface area (TPSA) is 74.5 Å². The van der Waals surface area contributed by atoms with Crippen molar-refractivity contribution >= 4 is 0 Å². The van der Waals surface area contributed by atoms with E-state index in [9.17, 15) is 5.11 Å². The molecule has 5 heteroatoms. The van der Waals surface area contributed by atoms with Gasteiger partial charge in [-0.3, -0.25) is 0 Å². The Morgan fingerprint density at radius 3 is 2.89 bits per heavy atom. The molecule has 1 aromatic rings. The Kier molecular flexibility index (Phi) is 3.18. The Morgan fingerprint density at radius 1 is 1.32 bits per heavy atom. The molecule has 0 radical (unpaired) electrons. The quantitative estimate of drug-likeness (QED) is 0.868. The second-order valence-electron chi connectivity index (χ2n) is 4.99. The van der Waals surface area contributed by atoms with Crippen molar-refractivity contribution < 1.29 is 14.6 Å². The fourth-order valence-electron chi connectivity index (χ4n) is 2.71. The van der Waals surface area contributed by atoms with E-state index < -0.39 is 0 Å². The Labute approximate surface area is 111 Å². The molecule has 1 saturated carbocycles. The minimum Gasteiger partial charge on any atom is -0.507 e. The lowest BCUT2D eigenvalue weighted by molar-refractivity contribution is 0.174. The molecule has 5 nitrogen and oxygen atoms in total. The van der Waals surface area contributed by atoms with Gasteiger partial charge in [-0.1, -0.05) is 6.42 Å². The van der Waals surface area contributed by atoms with Crippen molar-refractivity contribution in [1.82, 2.24) is 5.32 Å². The number of hydrogen-bond donors (Lipinski definition) is 2. The van der Waals surface area contributed by atoms with Gasteiger partial charge in [0.2, 0.25) is 6.79 Å². The number of hydrogen-bond acceptors (Lipinski definition) is 5. The monoisotopic (exact) mass is 260 g/mol. The molecule has 1 fully saturated rings. The number of ether oxygens (including phenoxy) is 2. The molecule has 2 unspecified atom stereocenters. The Bertz CT molecular complexity index is 524. The molecule has 1 heterocycles. The second kappa shape index (κ2) is 4.98. The van der Waals surface area contributed by atoms with Crippen LogP contribution in [0.3, 0.4) is 0 Å².